The first-order valence-corrected chi connectivity index (χ1v) is 8.92. The average Bonchev–Trinajstić information content (AvgIpc) is 2.85. The molecule has 0 unspecified atom stereocenters. The van der Waals surface area contributed by atoms with Gasteiger partial charge in [0.25, 0.3) is 10.0 Å². The van der Waals surface area contributed by atoms with Gasteiger partial charge < -0.3 is 4.57 Å². The number of aryl methyl sites for hydroxylation is 1. The van der Waals surface area contributed by atoms with Crippen molar-refractivity contribution in [2.45, 2.75) is 25.3 Å². The molecule has 0 aliphatic rings. The number of hydrogen-bond acceptors (Lipinski definition) is 2. The molecule has 3 rings (SSSR count). The molecule has 0 bridgehead atoms. The molecule has 1 heterocycles. The van der Waals surface area contributed by atoms with E-state index in [4.69, 9.17) is 0 Å². The summed E-state index contributed by atoms with van der Waals surface area (Å²) in [6.45, 7) is 4.88. The van der Waals surface area contributed by atoms with Crippen LogP contribution in [0, 0.1) is 6.92 Å². The third-order valence-corrected chi connectivity index (χ3v) is 5.21. The van der Waals surface area contributed by atoms with Crippen LogP contribution in [0.1, 0.15) is 18.2 Å². The summed E-state index contributed by atoms with van der Waals surface area (Å²) in [6.07, 6.45) is 1.46. The highest BCUT2D eigenvalue weighted by Crippen LogP contribution is 2.25. The normalized spacial score (nSPS) is 12.3. The van der Waals surface area contributed by atoms with Crippen molar-refractivity contribution in [3.8, 4) is 0 Å². The molecule has 0 N–H and O–H groups in total. The van der Waals surface area contributed by atoms with Crippen LogP contribution in [0.4, 0.5) is 0 Å². The molecule has 0 radical (unpaired) electrons. The standard InChI is InChI=1S/C18H18N2O2S/c1-3-20-14(2)17(16-11-7-8-12-18(16)20)13-19-23(21,22)15-9-5-4-6-10-15/h4-13H,3H2,1-2H3/b19-13-. The Morgan fingerprint density at radius 1 is 1.04 bits per heavy atom. The summed E-state index contributed by atoms with van der Waals surface area (Å²) in [6, 6.07) is 16.2. The second-order valence-corrected chi connectivity index (χ2v) is 6.92. The van der Waals surface area contributed by atoms with Crippen molar-refractivity contribution in [1.82, 2.24) is 4.57 Å². The van der Waals surface area contributed by atoms with E-state index in [0.717, 1.165) is 28.7 Å². The Labute approximate surface area is 136 Å². The maximum absolute atomic E-state index is 12.3. The monoisotopic (exact) mass is 326 g/mol. The Kier molecular flexibility index (Phi) is 4.05. The van der Waals surface area contributed by atoms with E-state index in [2.05, 4.69) is 15.9 Å². The molecule has 1 aromatic heterocycles. The van der Waals surface area contributed by atoms with Crippen LogP contribution in [0.5, 0.6) is 0 Å². The molecule has 23 heavy (non-hydrogen) atoms. The number of aromatic nitrogens is 1. The van der Waals surface area contributed by atoms with Crippen molar-refractivity contribution in [3.63, 3.8) is 0 Å². The zero-order chi connectivity index (χ0) is 16.4. The fourth-order valence-corrected chi connectivity index (χ4v) is 3.67. The van der Waals surface area contributed by atoms with E-state index < -0.39 is 10.0 Å². The predicted octanol–water partition coefficient (Wildman–Crippen LogP) is 3.78. The third-order valence-electron chi connectivity index (χ3n) is 3.96. The first kappa shape index (κ1) is 15.5. The summed E-state index contributed by atoms with van der Waals surface area (Å²) in [5.41, 5.74) is 2.95. The molecule has 2 aromatic carbocycles. The zero-order valence-corrected chi connectivity index (χ0v) is 13.9. The molecule has 118 valence electrons. The Hall–Kier alpha value is -2.40. The Bertz CT molecular complexity index is 971. The van der Waals surface area contributed by atoms with Gasteiger partial charge in [-0.1, -0.05) is 36.4 Å². The van der Waals surface area contributed by atoms with Crippen LogP contribution in [0.3, 0.4) is 0 Å². The fraction of sp³-hybridized carbons (Fsp3) is 0.167. The lowest BCUT2D eigenvalue weighted by Crippen LogP contribution is -1.99. The molecule has 4 nitrogen and oxygen atoms in total. The summed E-state index contributed by atoms with van der Waals surface area (Å²) in [5.74, 6) is 0. The van der Waals surface area contributed by atoms with E-state index in [-0.39, 0.29) is 4.90 Å². The van der Waals surface area contributed by atoms with Crippen LogP contribution in [0.25, 0.3) is 10.9 Å². The Morgan fingerprint density at radius 2 is 1.70 bits per heavy atom. The summed E-state index contributed by atoms with van der Waals surface area (Å²) >= 11 is 0. The first-order chi connectivity index (χ1) is 11.0. The Balaban J connectivity index is 2.11. The molecule has 0 saturated carbocycles. The van der Waals surface area contributed by atoms with Crippen LogP contribution in [-0.4, -0.2) is 19.2 Å². The lowest BCUT2D eigenvalue weighted by Gasteiger charge is -2.03. The summed E-state index contributed by atoms with van der Waals surface area (Å²) in [5, 5.41) is 1.01. The second kappa shape index (κ2) is 6.01. The molecule has 0 amide bonds. The van der Waals surface area contributed by atoms with Crippen LogP contribution in [0.15, 0.2) is 63.9 Å². The van der Waals surface area contributed by atoms with Crippen molar-refractivity contribution in [2.24, 2.45) is 4.40 Å². The van der Waals surface area contributed by atoms with Crippen LogP contribution < -0.4 is 0 Å². The van der Waals surface area contributed by atoms with E-state index in [1.165, 1.54) is 6.21 Å². The van der Waals surface area contributed by atoms with Gasteiger partial charge in [-0.3, -0.25) is 0 Å². The number of benzene rings is 2. The van der Waals surface area contributed by atoms with E-state index in [1.54, 1.807) is 30.3 Å². The van der Waals surface area contributed by atoms with E-state index in [1.807, 2.05) is 31.2 Å². The molecule has 5 heteroatoms. The number of nitrogens with zero attached hydrogens (tertiary/aromatic N) is 2. The van der Waals surface area contributed by atoms with Crippen molar-refractivity contribution in [2.75, 3.05) is 0 Å². The molecular weight excluding hydrogens is 308 g/mol. The van der Waals surface area contributed by atoms with Gasteiger partial charge in [0.05, 0.1) is 11.1 Å². The van der Waals surface area contributed by atoms with Gasteiger partial charge >= 0.3 is 0 Å². The SMILES string of the molecule is CCn1c(C)c(/C=N\S(=O)(=O)c2ccccc2)c2ccccc21. The maximum atomic E-state index is 12.3. The number of fused-ring (bicyclic) bond motifs is 1. The van der Waals surface area contributed by atoms with Crippen molar-refractivity contribution >= 4 is 27.1 Å². The molecule has 0 spiro atoms. The highest BCUT2D eigenvalue weighted by molar-refractivity contribution is 7.90. The number of hydrogen-bond donors (Lipinski definition) is 0. The molecular formula is C18H18N2O2S. The molecule has 0 saturated heterocycles. The van der Waals surface area contributed by atoms with Crippen molar-refractivity contribution in [1.29, 1.82) is 0 Å². The lowest BCUT2D eigenvalue weighted by atomic mass is 10.1. The van der Waals surface area contributed by atoms with Crippen molar-refractivity contribution < 1.29 is 8.42 Å². The van der Waals surface area contributed by atoms with Gasteiger partial charge in [-0.15, -0.1) is 0 Å². The van der Waals surface area contributed by atoms with E-state index in [9.17, 15) is 8.42 Å². The lowest BCUT2D eigenvalue weighted by molar-refractivity contribution is 0.598. The second-order valence-electron chi connectivity index (χ2n) is 5.28. The van der Waals surface area contributed by atoms with Crippen LogP contribution in [-0.2, 0) is 16.6 Å². The first-order valence-electron chi connectivity index (χ1n) is 7.48. The van der Waals surface area contributed by atoms with Gasteiger partial charge in [0.15, 0.2) is 0 Å². The zero-order valence-electron chi connectivity index (χ0n) is 13.1. The summed E-state index contributed by atoms with van der Waals surface area (Å²) in [7, 11) is -3.68. The van der Waals surface area contributed by atoms with Gasteiger partial charge in [0.2, 0.25) is 0 Å². The molecule has 0 atom stereocenters. The molecule has 0 fully saturated rings. The maximum Gasteiger partial charge on any atom is 0.282 e. The predicted molar refractivity (Wildman–Crippen MR) is 93.6 cm³/mol. The highest BCUT2D eigenvalue weighted by atomic mass is 32.2. The van der Waals surface area contributed by atoms with Gasteiger partial charge in [-0.25, -0.2) is 0 Å². The molecule has 3 aromatic rings. The molecule has 0 aliphatic heterocycles. The van der Waals surface area contributed by atoms with E-state index in [0.29, 0.717) is 0 Å². The minimum atomic E-state index is -3.68. The van der Waals surface area contributed by atoms with Gasteiger partial charge in [-0.05, 0) is 32.0 Å². The third kappa shape index (κ3) is 2.80. The van der Waals surface area contributed by atoms with Crippen LogP contribution >= 0.6 is 0 Å². The number of para-hydroxylation sites is 1. The number of rotatable bonds is 4. The van der Waals surface area contributed by atoms with Crippen molar-refractivity contribution in [3.05, 3.63) is 65.9 Å². The smallest absolute Gasteiger partial charge is 0.282 e. The quantitative estimate of drug-likeness (QED) is 0.685. The van der Waals surface area contributed by atoms with E-state index >= 15 is 0 Å². The summed E-state index contributed by atoms with van der Waals surface area (Å²) in [4.78, 5) is 0.202. The average molecular weight is 326 g/mol. The van der Waals surface area contributed by atoms with Gasteiger partial charge in [0, 0.05) is 28.7 Å². The fourth-order valence-electron chi connectivity index (χ4n) is 2.80. The highest BCUT2D eigenvalue weighted by Gasteiger charge is 2.14. The Morgan fingerprint density at radius 3 is 2.39 bits per heavy atom. The molecule has 0 aliphatic carbocycles. The number of sulfonamides is 1. The van der Waals surface area contributed by atoms with Gasteiger partial charge in [0.1, 0.15) is 0 Å². The summed E-state index contributed by atoms with van der Waals surface area (Å²) < 4.78 is 30.7. The minimum Gasteiger partial charge on any atom is -0.344 e. The van der Waals surface area contributed by atoms with Crippen LogP contribution in [0.2, 0.25) is 0 Å². The minimum absolute atomic E-state index is 0.202. The topological polar surface area (TPSA) is 51.4 Å². The largest absolute Gasteiger partial charge is 0.344 e. The van der Waals surface area contributed by atoms with Gasteiger partial charge in [-0.2, -0.15) is 12.8 Å².